The van der Waals surface area contributed by atoms with Crippen molar-refractivity contribution in [1.29, 1.82) is 0 Å². The molecule has 0 aliphatic carbocycles. The molecule has 0 radical (unpaired) electrons. The SMILES string of the molecule is O=C(Nc1nc(-c2cccc(F)c2)cs1)c1cccs1. The Labute approximate surface area is 122 Å². The fraction of sp³-hybridized carbons (Fsp3) is 0. The Morgan fingerprint density at radius 1 is 1.20 bits per heavy atom. The molecular formula is C14H9FN2OS2. The number of thiophene rings is 1. The number of amides is 1. The highest BCUT2D eigenvalue weighted by Crippen LogP contribution is 2.25. The van der Waals surface area contributed by atoms with Gasteiger partial charge in [0.2, 0.25) is 0 Å². The van der Waals surface area contributed by atoms with Crippen LogP contribution in [0.4, 0.5) is 9.52 Å². The number of rotatable bonds is 3. The van der Waals surface area contributed by atoms with Gasteiger partial charge in [0.1, 0.15) is 5.82 Å². The number of benzene rings is 1. The van der Waals surface area contributed by atoms with Crippen molar-refractivity contribution in [3.8, 4) is 11.3 Å². The molecule has 1 N–H and O–H groups in total. The Kier molecular flexibility index (Phi) is 3.58. The molecule has 0 atom stereocenters. The van der Waals surface area contributed by atoms with Crippen molar-refractivity contribution < 1.29 is 9.18 Å². The molecule has 2 aromatic heterocycles. The molecule has 3 rings (SSSR count). The lowest BCUT2D eigenvalue weighted by molar-refractivity contribution is 0.103. The fourth-order valence-corrected chi connectivity index (χ4v) is 3.01. The van der Waals surface area contributed by atoms with Crippen molar-refractivity contribution >= 4 is 33.7 Å². The van der Waals surface area contributed by atoms with Gasteiger partial charge >= 0.3 is 0 Å². The largest absolute Gasteiger partial charge is 0.297 e. The molecule has 0 unspecified atom stereocenters. The van der Waals surface area contributed by atoms with E-state index in [4.69, 9.17) is 0 Å². The molecule has 1 aromatic carbocycles. The van der Waals surface area contributed by atoms with Crippen LogP contribution in [-0.4, -0.2) is 10.9 Å². The van der Waals surface area contributed by atoms with E-state index in [1.54, 1.807) is 23.6 Å². The van der Waals surface area contributed by atoms with Gasteiger partial charge in [-0.1, -0.05) is 18.2 Å². The Balaban J connectivity index is 1.79. The summed E-state index contributed by atoms with van der Waals surface area (Å²) in [6, 6.07) is 9.78. The van der Waals surface area contributed by atoms with Gasteiger partial charge in [-0.3, -0.25) is 10.1 Å². The molecule has 0 saturated heterocycles. The van der Waals surface area contributed by atoms with E-state index < -0.39 is 0 Å². The quantitative estimate of drug-likeness (QED) is 0.785. The van der Waals surface area contributed by atoms with Gasteiger partial charge in [0.05, 0.1) is 10.6 Å². The third-order valence-corrected chi connectivity index (χ3v) is 4.22. The number of aromatic nitrogens is 1. The molecular weight excluding hydrogens is 295 g/mol. The number of hydrogen-bond acceptors (Lipinski definition) is 4. The van der Waals surface area contributed by atoms with Crippen LogP contribution in [0.1, 0.15) is 9.67 Å². The summed E-state index contributed by atoms with van der Waals surface area (Å²) >= 11 is 2.69. The lowest BCUT2D eigenvalue weighted by atomic mass is 10.2. The van der Waals surface area contributed by atoms with Gasteiger partial charge in [0, 0.05) is 10.9 Å². The number of nitrogens with zero attached hydrogens (tertiary/aromatic N) is 1. The van der Waals surface area contributed by atoms with Crippen molar-refractivity contribution in [2.24, 2.45) is 0 Å². The van der Waals surface area contributed by atoms with Crippen molar-refractivity contribution in [1.82, 2.24) is 4.98 Å². The summed E-state index contributed by atoms with van der Waals surface area (Å²) in [7, 11) is 0. The zero-order valence-corrected chi connectivity index (χ0v) is 11.8. The van der Waals surface area contributed by atoms with Crippen molar-refractivity contribution in [3.05, 3.63) is 57.9 Å². The van der Waals surface area contributed by atoms with Crippen molar-refractivity contribution in [2.75, 3.05) is 5.32 Å². The first-order valence-electron chi connectivity index (χ1n) is 5.79. The van der Waals surface area contributed by atoms with Crippen LogP contribution in [0.15, 0.2) is 47.2 Å². The van der Waals surface area contributed by atoms with Gasteiger partial charge < -0.3 is 0 Å². The lowest BCUT2D eigenvalue weighted by Gasteiger charge is -1.98. The average Bonchev–Trinajstić information content (AvgIpc) is 3.10. The van der Waals surface area contributed by atoms with Crippen LogP contribution in [-0.2, 0) is 0 Å². The normalized spacial score (nSPS) is 10.4. The van der Waals surface area contributed by atoms with Crippen LogP contribution in [0.5, 0.6) is 0 Å². The van der Waals surface area contributed by atoms with Gasteiger partial charge in [-0.2, -0.15) is 0 Å². The second kappa shape index (κ2) is 5.52. The predicted octanol–water partition coefficient (Wildman–Crippen LogP) is 4.26. The Bertz CT molecular complexity index is 737. The molecule has 0 aliphatic heterocycles. The molecule has 6 heteroatoms. The first kappa shape index (κ1) is 13.0. The summed E-state index contributed by atoms with van der Waals surface area (Å²) in [6.45, 7) is 0. The van der Waals surface area contributed by atoms with Gasteiger partial charge in [-0.05, 0) is 23.6 Å². The summed E-state index contributed by atoms with van der Waals surface area (Å²) in [6.07, 6.45) is 0. The number of hydrogen-bond donors (Lipinski definition) is 1. The zero-order valence-electron chi connectivity index (χ0n) is 10.2. The summed E-state index contributed by atoms with van der Waals surface area (Å²) < 4.78 is 13.2. The van der Waals surface area contributed by atoms with Crippen LogP contribution >= 0.6 is 22.7 Å². The second-order valence-electron chi connectivity index (χ2n) is 3.98. The van der Waals surface area contributed by atoms with E-state index in [-0.39, 0.29) is 11.7 Å². The maximum atomic E-state index is 13.2. The molecule has 0 fully saturated rings. The maximum Gasteiger partial charge on any atom is 0.267 e. The first-order chi connectivity index (χ1) is 9.72. The summed E-state index contributed by atoms with van der Waals surface area (Å²) in [5, 5.41) is 6.87. The van der Waals surface area contributed by atoms with E-state index in [1.165, 1.54) is 34.8 Å². The molecule has 2 heterocycles. The molecule has 3 nitrogen and oxygen atoms in total. The van der Waals surface area contributed by atoms with Gasteiger partial charge in [-0.15, -0.1) is 22.7 Å². The molecule has 0 bridgehead atoms. The molecule has 0 spiro atoms. The smallest absolute Gasteiger partial charge is 0.267 e. The topological polar surface area (TPSA) is 42.0 Å². The fourth-order valence-electron chi connectivity index (χ4n) is 1.68. The van der Waals surface area contributed by atoms with Crippen molar-refractivity contribution in [3.63, 3.8) is 0 Å². The summed E-state index contributed by atoms with van der Waals surface area (Å²) in [4.78, 5) is 16.8. The van der Waals surface area contributed by atoms with E-state index in [2.05, 4.69) is 10.3 Å². The maximum absolute atomic E-state index is 13.2. The van der Waals surface area contributed by atoms with Gasteiger partial charge in [0.15, 0.2) is 5.13 Å². The van der Waals surface area contributed by atoms with Crippen LogP contribution in [0.2, 0.25) is 0 Å². The minimum Gasteiger partial charge on any atom is -0.297 e. The summed E-state index contributed by atoms with van der Waals surface area (Å²) in [5.74, 6) is -0.486. The van der Waals surface area contributed by atoms with E-state index in [0.717, 1.165) is 0 Å². The molecule has 0 saturated carbocycles. The summed E-state index contributed by atoms with van der Waals surface area (Å²) in [5.41, 5.74) is 1.34. The minimum absolute atomic E-state index is 0.180. The van der Waals surface area contributed by atoms with E-state index >= 15 is 0 Å². The minimum atomic E-state index is -0.306. The van der Waals surface area contributed by atoms with Crippen molar-refractivity contribution in [2.45, 2.75) is 0 Å². The first-order valence-corrected chi connectivity index (χ1v) is 7.54. The number of carbonyl (C=O) groups excluding carboxylic acids is 1. The Morgan fingerprint density at radius 2 is 2.10 bits per heavy atom. The second-order valence-corrected chi connectivity index (χ2v) is 5.79. The molecule has 20 heavy (non-hydrogen) atoms. The highest BCUT2D eigenvalue weighted by Gasteiger charge is 2.10. The monoisotopic (exact) mass is 304 g/mol. The standard InChI is InChI=1S/C14H9FN2OS2/c15-10-4-1-3-9(7-10)11-8-20-14(16-11)17-13(18)12-5-2-6-19-12/h1-8H,(H,16,17,18). The zero-order chi connectivity index (χ0) is 13.9. The number of halogens is 1. The lowest BCUT2D eigenvalue weighted by Crippen LogP contribution is -2.09. The predicted molar refractivity (Wildman–Crippen MR) is 79.8 cm³/mol. The van der Waals surface area contributed by atoms with Crippen LogP contribution < -0.4 is 5.32 Å². The number of nitrogens with one attached hydrogen (secondary N) is 1. The number of carbonyl (C=O) groups is 1. The molecule has 1 amide bonds. The Hall–Kier alpha value is -2.05. The average molecular weight is 304 g/mol. The Morgan fingerprint density at radius 3 is 2.85 bits per heavy atom. The third kappa shape index (κ3) is 2.76. The number of thiazole rings is 1. The van der Waals surface area contributed by atoms with E-state index in [9.17, 15) is 9.18 Å². The van der Waals surface area contributed by atoms with E-state index in [0.29, 0.717) is 21.3 Å². The molecule has 3 aromatic rings. The third-order valence-electron chi connectivity index (χ3n) is 2.59. The number of anilines is 1. The van der Waals surface area contributed by atoms with Gasteiger partial charge in [0.25, 0.3) is 5.91 Å². The highest BCUT2D eigenvalue weighted by molar-refractivity contribution is 7.14. The highest BCUT2D eigenvalue weighted by atomic mass is 32.1. The molecule has 0 aliphatic rings. The van der Waals surface area contributed by atoms with Crippen LogP contribution in [0.3, 0.4) is 0 Å². The van der Waals surface area contributed by atoms with E-state index in [1.807, 2.05) is 11.4 Å². The van der Waals surface area contributed by atoms with Crippen LogP contribution in [0, 0.1) is 5.82 Å². The molecule has 100 valence electrons. The van der Waals surface area contributed by atoms with Gasteiger partial charge in [-0.25, -0.2) is 9.37 Å². The van der Waals surface area contributed by atoms with Crippen LogP contribution in [0.25, 0.3) is 11.3 Å².